The van der Waals surface area contributed by atoms with Crippen LogP contribution in [0, 0.1) is 6.92 Å². The van der Waals surface area contributed by atoms with Crippen molar-refractivity contribution in [2.75, 3.05) is 5.32 Å². The maximum atomic E-state index is 12.2. The fraction of sp³-hybridized carbons (Fsp3) is 0.0476. The smallest absolute Gasteiger partial charge is 0.248 e. The number of aromatic nitrogens is 3. The molecule has 6 heteroatoms. The lowest BCUT2D eigenvalue weighted by Gasteiger charge is -2.03. The molecule has 0 aliphatic carbocycles. The number of carbonyl (C=O) groups excluding carboxylic acids is 1. The highest BCUT2D eigenvalue weighted by Crippen LogP contribution is 2.23. The van der Waals surface area contributed by atoms with Gasteiger partial charge in [-0.1, -0.05) is 24.3 Å². The van der Waals surface area contributed by atoms with Crippen molar-refractivity contribution in [3.63, 3.8) is 0 Å². The molecule has 0 unspecified atom stereocenters. The predicted octanol–water partition coefficient (Wildman–Crippen LogP) is 4.71. The van der Waals surface area contributed by atoms with Crippen molar-refractivity contribution >= 4 is 40.0 Å². The van der Waals surface area contributed by atoms with Gasteiger partial charge in [0.05, 0.1) is 33.6 Å². The van der Waals surface area contributed by atoms with Crippen molar-refractivity contribution < 1.29 is 4.79 Å². The number of rotatable bonds is 4. The van der Waals surface area contributed by atoms with Gasteiger partial charge in [-0.3, -0.25) is 9.78 Å². The lowest BCUT2D eigenvalue weighted by atomic mass is 10.1. The van der Waals surface area contributed by atoms with Gasteiger partial charge in [0, 0.05) is 22.7 Å². The van der Waals surface area contributed by atoms with Crippen LogP contribution in [-0.4, -0.2) is 20.9 Å². The van der Waals surface area contributed by atoms with E-state index < -0.39 is 0 Å². The summed E-state index contributed by atoms with van der Waals surface area (Å²) in [7, 11) is 0. The predicted molar refractivity (Wildman–Crippen MR) is 109 cm³/mol. The number of amides is 1. The van der Waals surface area contributed by atoms with E-state index in [1.165, 1.54) is 6.08 Å². The second-order valence-corrected chi connectivity index (χ2v) is 7.00. The topological polar surface area (TPSA) is 67.8 Å². The average Bonchev–Trinajstić information content (AvgIpc) is 3.13. The van der Waals surface area contributed by atoms with E-state index in [4.69, 9.17) is 0 Å². The number of hydrogen-bond donors (Lipinski definition) is 1. The summed E-state index contributed by atoms with van der Waals surface area (Å²) in [5, 5.41) is 5.90. The van der Waals surface area contributed by atoms with Gasteiger partial charge in [-0.25, -0.2) is 9.97 Å². The molecule has 2 heterocycles. The first-order chi connectivity index (χ1) is 13.2. The van der Waals surface area contributed by atoms with E-state index in [-0.39, 0.29) is 5.91 Å². The third kappa shape index (κ3) is 4.07. The summed E-state index contributed by atoms with van der Waals surface area (Å²) in [6, 6.07) is 15.3. The van der Waals surface area contributed by atoms with Gasteiger partial charge in [0.15, 0.2) is 0 Å². The van der Waals surface area contributed by atoms with Crippen LogP contribution < -0.4 is 5.32 Å². The largest absolute Gasteiger partial charge is 0.323 e. The number of thiazole rings is 1. The van der Waals surface area contributed by atoms with E-state index in [9.17, 15) is 4.79 Å². The Hall–Kier alpha value is -3.38. The molecule has 1 N–H and O–H groups in total. The Morgan fingerprint density at radius 2 is 1.81 bits per heavy atom. The lowest BCUT2D eigenvalue weighted by molar-refractivity contribution is -0.111. The van der Waals surface area contributed by atoms with Crippen molar-refractivity contribution in [1.29, 1.82) is 0 Å². The highest BCUT2D eigenvalue weighted by molar-refractivity contribution is 7.09. The number of fused-ring (bicyclic) bond motifs is 1. The Kier molecular flexibility index (Phi) is 4.72. The van der Waals surface area contributed by atoms with Gasteiger partial charge in [-0.2, -0.15) is 0 Å². The molecule has 132 valence electrons. The van der Waals surface area contributed by atoms with Crippen LogP contribution in [-0.2, 0) is 4.79 Å². The molecular weight excluding hydrogens is 356 g/mol. The van der Waals surface area contributed by atoms with Crippen molar-refractivity contribution in [3.05, 3.63) is 76.9 Å². The molecule has 0 radical (unpaired) electrons. The Bertz CT molecular complexity index is 1130. The Morgan fingerprint density at radius 1 is 1.04 bits per heavy atom. The SMILES string of the molecule is Cc1nc(-c2ccc(NC(=O)/C=C/c3cnc4ccccc4n3)cc2)cs1. The number of benzene rings is 2. The lowest BCUT2D eigenvalue weighted by Crippen LogP contribution is -2.07. The second kappa shape index (κ2) is 7.47. The number of carbonyl (C=O) groups is 1. The summed E-state index contributed by atoms with van der Waals surface area (Å²) in [5.41, 5.74) is 4.97. The number of hydrogen-bond acceptors (Lipinski definition) is 5. The molecule has 0 fully saturated rings. The van der Waals surface area contributed by atoms with Crippen LogP contribution in [0.1, 0.15) is 10.7 Å². The van der Waals surface area contributed by atoms with Crippen LogP contribution in [0.5, 0.6) is 0 Å². The molecule has 5 nitrogen and oxygen atoms in total. The van der Waals surface area contributed by atoms with Crippen molar-refractivity contribution in [2.45, 2.75) is 6.92 Å². The summed E-state index contributed by atoms with van der Waals surface area (Å²) >= 11 is 1.62. The first-order valence-corrected chi connectivity index (χ1v) is 9.29. The van der Waals surface area contributed by atoms with E-state index in [0.717, 1.165) is 33.0 Å². The molecule has 0 saturated heterocycles. The second-order valence-electron chi connectivity index (χ2n) is 5.94. The van der Waals surface area contributed by atoms with Gasteiger partial charge in [0.1, 0.15) is 0 Å². The van der Waals surface area contributed by atoms with Crippen LogP contribution >= 0.6 is 11.3 Å². The minimum atomic E-state index is -0.220. The van der Waals surface area contributed by atoms with Gasteiger partial charge in [0.25, 0.3) is 0 Å². The van der Waals surface area contributed by atoms with Gasteiger partial charge in [-0.05, 0) is 37.3 Å². The van der Waals surface area contributed by atoms with E-state index in [0.29, 0.717) is 5.69 Å². The highest BCUT2D eigenvalue weighted by Gasteiger charge is 2.03. The molecule has 0 aliphatic rings. The summed E-state index contributed by atoms with van der Waals surface area (Å²) in [6.45, 7) is 1.98. The monoisotopic (exact) mass is 372 g/mol. The third-order valence-electron chi connectivity index (χ3n) is 3.94. The van der Waals surface area contributed by atoms with Crippen LogP contribution in [0.2, 0.25) is 0 Å². The zero-order valence-corrected chi connectivity index (χ0v) is 15.4. The number of nitrogens with one attached hydrogen (secondary N) is 1. The summed E-state index contributed by atoms with van der Waals surface area (Å²) in [6.07, 6.45) is 4.76. The van der Waals surface area contributed by atoms with Crippen LogP contribution in [0.15, 0.2) is 66.2 Å². The number of nitrogens with zero attached hydrogens (tertiary/aromatic N) is 3. The molecule has 1 amide bonds. The summed E-state index contributed by atoms with van der Waals surface area (Å²) in [4.78, 5) is 25.4. The molecular formula is C21H16N4OS. The van der Waals surface area contributed by atoms with Crippen LogP contribution in [0.3, 0.4) is 0 Å². The van der Waals surface area contributed by atoms with Gasteiger partial charge in [-0.15, -0.1) is 11.3 Å². The molecule has 2 aromatic heterocycles. The Labute approximate surface area is 160 Å². The fourth-order valence-corrected chi connectivity index (χ4v) is 3.24. The van der Waals surface area contributed by atoms with E-state index in [2.05, 4.69) is 20.3 Å². The fourth-order valence-electron chi connectivity index (χ4n) is 2.62. The molecule has 27 heavy (non-hydrogen) atoms. The number of aryl methyl sites for hydroxylation is 1. The molecule has 0 saturated carbocycles. The maximum Gasteiger partial charge on any atom is 0.248 e. The first-order valence-electron chi connectivity index (χ1n) is 8.41. The standard InChI is InChI=1S/C21H16N4OS/c1-14-23-20(13-27-14)15-6-8-16(9-7-15)25-21(26)11-10-17-12-22-18-4-2-3-5-19(18)24-17/h2-13H,1H3,(H,25,26)/b11-10+. The van der Waals surface area contributed by atoms with Crippen molar-refractivity contribution in [2.24, 2.45) is 0 Å². The number of anilines is 1. The molecule has 0 atom stereocenters. The number of para-hydroxylation sites is 2. The Morgan fingerprint density at radius 3 is 2.56 bits per heavy atom. The zero-order chi connectivity index (χ0) is 18.6. The minimum absolute atomic E-state index is 0.220. The van der Waals surface area contributed by atoms with Crippen LogP contribution in [0.4, 0.5) is 5.69 Å². The first kappa shape index (κ1) is 17.1. The molecule has 4 rings (SSSR count). The van der Waals surface area contributed by atoms with E-state index in [1.807, 2.05) is 60.8 Å². The summed E-state index contributed by atoms with van der Waals surface area (Å²) in [5.74, 6) is -0.220. The average molecular weight is 372 g/mol. The van der Waals surface area contributed by atoms with Crippen molar-refractivity contribution in [3.8, 4) is 11.3 Å². The summed E-state index contributed by atoms with van der Waals surface area (Å²) < 4.78 is 0. The normalized spacial score (nSPS) is 11.1. The van der Waals surface area contributed by atoms with Gasteiger partial charge < -0.3 is 5.32 Å². The third-order valence-corrected chi connectivity index (χ3v) is 4.71. The molecule has 2 aromatic carbocycles. The van der Waals surface area contributed by atoms with Gasteiger partial charge in [0.2, 0.25) is 5.91 Å². The molecule has 4 aromatic rings. The molecule has 0 spiro atoms. The van der Waals surface area contributed by atoms with Gasteiger partial charge >= 0.3 is 0 Å². The Balaban J connectivity index is 1.43. The molecule has 0 aliphatic heterocycles. The maximum absolute atomic E-state index is 12.2. The quantitative estimate of drug-likeness (QED) is 0.527. The molecule has 0 bridgehead atoms. The highest BCUT2D eigenvalue weighted by atomic mass is 32.1. The zero-order valence-electron chi connectivity index (χ0n) is 14.6. The van der Waals surface area contributed by atoms with Crippen LogP contribution in [0.25, 0.3) is 28.4 Å². The van der Waals surface area contributed by atoms with E-state index in [1.54, 1.807) is 23.6 Å². The van der Waals surface area contributed by atoms with E-state index >= 15 is 0 Å². The van der Waals surface area contributed by atoms with Crippen molar-refractivity contribution in [1.82, 2.24) is 15.0 Å². The minimum Gasteiger partial charge on any atom is -0.323 e.